The molecule has 0 aliphatic heterocycles. The van der Waals surface area contributed by atoms with Crippen molar-refractivity contribution in [3.8, 4) is 11.5 Å². The molecule has 36 heavy (non-hydrogen) atoms. The molecule has 0 aromatic heterocycles. The van der Waals surface area contributed by atoms with E-state index >= 15 is 0 Å². The van der Waals surface area contributed by atoms with Crippen molar-refractivity contribution in [3.05, 3.63) is 72.3 Å². The number of rotatable bonds is 10. The van der Waals surface area contributed by atoms with Gasteiger partial charge in [-0.25, -0.2) is 16.8 Å². The first-order valence-electron chi connectivity index (χ1n) is 10.6. The van der Waals surface area contributed by atoms with Gasteiger partial charge in [-0.05, 0) is 61.0 Å². The highest BCUT2D eigenvalue weighted by Gasteiger charge is 2.24. The van der Waals surface area contributed by atoms with Crippen LogP contribution in [0.25, 0.3) is 0 Å². The summed E-state index contributed by atoms with van der Waals surface area (Å²) in [6.45, 7) is 1.32. The molecule has 0 atom stereocenters. The molecule has 1 amide bonds. The van der Waals surface area contributed by atoms with Crippen molar-refractivity contribution in [2.45, 2.75) is 11.8 Å². The smallest absolute Gasteiger partial charge is 0.262 e. The summed E-state index contributed by atoms with van der Waals surface area (Å²) in [7, 11) is -4.90. The second kappa shape index (κ2) is 10.9. The van der Waals surface area contributed by atoms with Crippen molar-refractivity contribution < 1.29 is 31.1 Å². The van der Waals surface area contributed by atoms with Gasteiger partial charge in [0, 0.05) is 5.69 Å². The van der Waals surface area contributed by atoms with Gasteiger partial charge in [-0.15, -0.1) is 0 Å². The fraction of sp³-hybridized carbons (Fsp3) is 0.208. The van der Waals surface area contributed by atoms with Crippen molar-refractivity contribution in [1.29, 1.82) is 0 Å². The molecule has 0 unspecified atom stereocenters. The number of hydrogen-bond acceptors (Lipinski definition) is 7. The van der Waals surface area contributed by atoms with E-state index in [1.165, 1.54) is 44.6 Å². The summed E-state index contributed by atoms with van der Waals surface area (Å²) in [6.07, 6.45) is 0.989. The molecule has 10 nitrogen and oxygen atoms in total. The molecule has 0 bridgehead atoms. The van der Waals surface area contributed by atoms with Gasteiger partial charge < -0.3 is 14.8 Å². The molecule has 3 aromatic carbocycles. The third-order valence-corrected chi connectivity index (χ3v) is 7.60. The fourth-order valence-corrected chi connectivity index (χ4v) is 5.29. The number of ether oxygens (including phenoxy) is 2. The Morgan fingerprint density at radius 1 is 0.889 bits per heavy atom. The van der Waals surface area contributed by atoms with Gasteiger partial charge >= 0.3 is 0 Å². The summed E-state index contributed by atoms with van der Waals surface area (Å²) in [6, 6.07) is 17.0. The number of anilines is 3. The summed E-state index contributed by atoms with van der Waals surface area (Å²) in [5, 5.41) is 2.58. The Morgan fingerprint density at radius 3 is 2.14 bits per heavy atom. The van der Waals surface area contributed by atoms with Gasteiger partial charge in [0.25, 0.3) is 10.0 Å². The summed E-state index contributed by atoms with van der Waals surface area (Å²) in [4.78, 5) is 12.6. The quantitative estimate of drug-likeness (QED) is 0.409. The normalized spacial score (nSPS) is 11.4. The number of methoxy groups -OCH3 is 2. The second-order valence-corrected chi connectivity index (χ2v) is 11.4. The van der Waals surface area contributed by atoms with Crippen molar-refractivity contribution in [2.75, 3.05) is 41.4 Å². The summed E-state index contributed by atoms with van der Waals surface area (Å²) in [5.41, 5.74) is 1.66. The van der Waals surface area contributed by atoms with Crippen molar-refractivity contribution >= 4 is 43.0 Å². The second-order valence-electron chi connectivity index (χ2n) is 7.82. The van der Waals surface area contributed by atoms with E-state index in [1.54, 1.807) is 36.4 Å². The predicted molar refractivity (Wildman–Crippen MR) is 139 cm³/mol. The standard InChI is InChI=1S/C24H27N3O7S2/c1-17-9-14-22(33-2)20(15-17)26-36(31,32)19-12-10-18(11-13-19)25-24(28)16-27(35(4,29)30)21-7-5-6-8-23(21)34-3/h5-15,26H,16H2,1-4H3,(H,25,28). The maximum atomic E-state index is 12.8. The Kier molecular flexibility index (Phi) is 8.10. The number of aryl methyl sites for hydroxylation is 1. The number of hydrogen-bond donors (Lipinski definition) is 2. The molecule has 2 N–H and O–H groups in total. The minimum absolute atomic E-state index is 0.0316. The molecule has 0 aliphatic rings. The molecule has 192 valence electrons. The SMILES string of the molecule is COc1ccc(C)cc1NS(=O)(=O)c1ccc(NC(=O)CN(c2ccccc2OC)S(C)(=O)=O)cc1. The fourth-order valence-electron chi connectivity index (χ4n) is 3.37. The molecule has 0 radical (unpaired) electrons. The van der Waals surface area contributed by atoms with E-state index in [0.29, 0.717) is 22.9 Å². The van der Waals surface area contributed by atoms with Crippen LogP contribution in [0, 0.1) is 6.92 Å². The van der Waals surface area contributed by atoms with Gasteiger partial charge in [0.1, 0.15) is 18.0 Å². The number of nitrogens with zero attached hydrogens (tertiary/aromatic N) is 1. The molecule has 0 aliphatic carbocycles. The molecule has 3 rings (SSSR count). The van der Waals surface area contributed by atoms with Crippen LogP contribution in [0.3, 0.4) is 0 Å². The Balaban J connectivity index is 1.76. The molecule has 0 heterocycles. The molecule has 0 fully saturated rings. The minimum Gasteiger partial charge on any atom is -0.495 e. The largest absolute Gasteiger partial charge is 0.495 e. The lowest BCUT2D eigenvalue weighted by Crippen LogP contribution is -2.37. The number of carbonyl (C=O) groups excluding carboxylic acids is 1. The van der Waals surface area contributed by atoms with Crippen LogP contribution in [0.5, 0.6) is 11.5 Å². The van der Waals surface area contributed by atoms with Gasteiger partial charge in [0.2, 0.25) is 15.9 Å². The number of nitrogens with one attached hydrogen (secondary N) is 2. The average molecular weight is 534 g/mol. The number of sulfonamides is 2. The zero-order valence-corrected chi connectivity index (χ0v) is 21.8. The minimum atomic E-state index is -3.93. The lowest BCUT2D eigenvalue weighted by molar-refractivity contribution is -0.114. The first-order chi connectivity index (χ1) is 16.9. The third-order valence-electron chi connectivity index (χ3n) is 5.09. The zero-order valence-electron chi connectivity index (χ0n) is 20.2. The maximum Gasteiger partial charge on any atom is 0.262 e. The van der Waals surface area contributed by atoms with E-state index in [-0.39, 0.29) is 10.6 Å². The topological polar surface area (TPSA) is 131 Å². The number of para-hydroxylation sites is 2. The molecule has 0 saturated heterocycles. The zero-order chi connectivity index (χ0) is 26.5. The summed E-state index contributed by atoms with van der Waals surface area (Å²) >= 11 is 0. The van der Waals surface area contributed by atoms with E-state index < -0.39 is 32.5 Å². The summed E-state index contributed by atoms with van der Waals surface area (Å²) in [5.74, 6) is 0.0473. The molecule has 3 aromatic rings. The van der Waals surface area contributed by atoms with Crippen molar-refractivity contribution in [1.82, 2.24) is 0 Å². The van der Waals surface area contributed by atoms with Crippen LogP contribution in [-0.4, -0.2) is 49.8 Å². The molecular formula is C24H27N3O7S2. The van der Waals surface area contributed by atoms with E-state index in [1.807, 2.05) is 6.92 Å². The van der Waals surface area contributed by atoms with Crippen LogP contribution in [0.4, 0.5) is 17.1 Å². The highest BCUT2D eigenvalue weighted by atomic mass is 32.2. The Hall–Kier alpha value is -3.77. The highest BCUT2D eigenvalue weighted by Crippen LogP contribution is 2.30. The predicted octanol–water partition coefficient (Wildman–Crippen LogP) is 3.22. The van der Waals surface area contributed by atoms with Crippen LogP contribution >= 0.6 is 0 Å². The van der Waals surface area contributed by atoms with Crippen LogP contribution in [0.1, 0.15) is 5.56 Å². The van der Waals surface area contributed by atoms with E-state index in [9.17, 15) is 21.6 Å². The van der Waals surface area contributed by atoms with Gasteiger partial charge in [-0.1, -0.05) is 18.2 Å². The third kappa shape index (κ3) is 6.46. The van der Waals surface area contributed by atoms with Crippen LogP contribution in [-0.2, 0) is 24.8 Å². The molecule has 12 heteroatoms. The van der Waals surface area contributed by atoms with Crippen LogP contribution in [0.2, 0.25) is 0 Å². The Morgan fingerprint density at radius 2 is 1.53 bits per heavy atom. The highest BCUT2D eigenvalue weighted by molar-refractivity contribution is 7.92. The van der Waals surface area contributed by atoms with E-state index in [4.69, 9.17) is 9.47 Å². The Labute approximate surface area is 211 Å². The number of amides is 1. The van der Waals surface area contributed by atoms with Gasteiger partial charge in [-0.3, -0.25) is 13.8 Å². The molecular weight excluding hydrogens is 506 g/mol. The van der Waals surface area contributed by atoms with Gasteiger partial charge in [0.15, 0.2) is 0 Å². The lowest BCUT2D eigenvalue weighted by Gasteiger charge is -2.23. The lowest BCUT2D eigenvalue weighted by atomic mass is 10.2. The summed E-state index contributed by atoms with van der Waals surface area (Å²) < 4.78 is 64.3. The first-order valence-corrected chi connectivity index (χ1v) is 14.0. The number of benzene rings is 3. The van der Waals surface area contributed by atoms with E-state index in [0.717, 1.165) is 16.1 Å². The monoisotopic (exact) mass is 533 g/mol. The van der Waals surface area contributed by atoms with Gasteiger partial charge in [0.05, 0.1) is 36.7 Å². The Bertz CT molecular complexity index is 1460. The molecule has 0 saturated carbocycles. The van der Waals surface area contributed by atoms with Crippen LogP contribution < -0.4 is 23.8 Å². The van der Waals surface area contributed by atoms with Crippen LogP contribution in [0.15, 0.2) is 71.6 Å². The number of carbonyl (C=O) groups is 1. The van der Waals surface area contributed by atoms with Crippen molar-refractivity contribution in [2.24, 2.45) is 0 Å². The molecule has 0 spiro atoms. The first kappa shape index (κ1) is 26.8. The average Bonchev–Trinajstić information content (AvgIpc) is 2.82. The van der Waals surface area contributed by atoms with Crippen molar-refractivity contribution in [3.63, 3.8) is 0 Å². The maximum absolute atomic E-state index is 12.8. The van der Waals surface area contributed by atoms with E-state index in [2.05, 4.69) is 10.0 Å². The van der Waals surface area contributed by atoms with Gasteiger partial charge in [-0.2, -0.15) is 0 Å².